The number of aliphatic hydroxyl groups is 1. The number of nitrogens with zero attached hydrogens (tertiary/aromatic N) is 2. The number of ether oxygens (including phenoxy) is 1. The molecule has 1 aliphatic rings. The van der Waals surface area contributed by atoms with E-state index in [0.717, 1.165) is 31.6 Å². The number of aliphatic hydroxyl groups excluding tert-OH is 1. The van der Waals surface area contributed by atoms with Crippen LogP contribution in [0.2, 0.25) is 0 Å². The molecule has 1 unspecified atom stereocenters. The first-order valence-electron chi connectivity index (χ1n) is 5.69. The van der Waals surface area contributed by atoms with E-state index in [-0.39, 0.29) is 6.61 Å². The summed E-state index contributed by atoms with van der Waals surface area (Å²) < 4.78 is 5.11. The van der Waals surface area contributed by atoms with Gasteiger partial charge in [0.15, 0.2) is 0 Å². The molecule has 0 aliphatic carbocycles. The first-order chi connectivity index (χ1) is 7.83. The van der Waals surface area contributed by atoms with E-state index in [1.165, 1.54) is 0 Å². The second kappa shape index (κ2) is 5.16. The fraction of sp³-hybridized carbons (Fsp3) is 0.583. The van der Waals surface area contributed by atoms with Crippen LogP contribution in [0.1, 0.15) is 12.8 Å². The number of methoxy groups -OCH3 is 1. The van der Waals surface area contributed by atoms with Crippen LogP contribution in [0.4, 0.5) is 5.69 Å². The summed E-state index contributed by atoms with van der Waals surface area (Å²) in [6.45, 7) is 2.36. The van der Waals surface area contributed by atoms with Gasteiger partial charge < -0.3 is 14.7 Å². The fourth-order valence-corrected chi connectivity index (χ4v) is 2.19. The van der Waals surface area contributed by atoms with Gasteiger partial charge in [-0.15, -0.1) is 0 Å². The van der Waals surface area contributed by atoms with Crippen molar-refractivity contribution in [1.82, 2.24) is 4.98 Å². The summed E-state index contributed by atoms with van der Waals surface area (Å²) in [7, 11) is 1.63. The molecule has 2 rings (SSSR count). The Hall–Kier alpha value is -1.29. The highest BCUT2D eigenvalue weighted by molar-refractivity contribution is 5.48. The predicted molar refractivity (Wildman–Crippen MR) is 62.8 cm³/mol. The maximum Gasteiger partial charge on any atom is 0.214 e. The fourth-order valence-electron chi connectivity index (χ4n) is 2.19. The van der Waals surface area contributed by atoms with Gasteiger partial charge in [-0.3, -0.25) is 0 Å². The third-order valence-electron chi connectivity index (χ3n) is 3.12. The average Bonchev–Trinajstić information content (AvgIpc) is 2.78. The lowest BCUT2D eigenvalue weighted by molar-refractivity contribution is 0.263. The Kier molecular flexibility index (Phi) is 3.62. The standard InChI is InChI=1S/C12H18N2O2/c1-16-12-8-11(2-5-13-12)14-6-3-10(9-14)4-7-15/h2,5,8,10,15H,3-4,6-7,9H2,1H3. The molecule has 1 aliphatic heterocycles. The summed E-state index contributed by atoms with van der Waals surface area (Å²) in [5.74, 6) is 1.27. The Bertz CT molecular complexity index is 344. The highest BCUT2D eigenvalue weighted by Crippen LogP contribution is 2.26. The molecule has 0 saturated carbocycles. The Morgan fingerprint density at radius 2 is 2.50 bits per heavy atom. The Morgan fingerprint density at radius 1 is 1.62 bits per heavy atom. The Balaban J connectivity index is 2.02. The molecule has 1 N–H and O–H groups in total. The van der Waals surface area contributed by atoms with Gasteiger partial charge in [-0.25, -0.2) is 4.98 Å². The lowest BCUT2D eigenvalue weighted by Crippen LogP contribution is -2.19. The number of aromatic nitrogens is 1. The van der Waals surface area contributed by atoms with Gasteiger partial charge in [-0.1, -0.05) is 0 Å². The van der Waals surface area contributed by atoms with Gasteiger partial charge in [-0.05, 0) is 24.8 Å². The number of hydrogen-bond acceptors (Lipinski definition) is 4. The van der Waals surface area contributed by atoms with Crippen LogP contribution < -0.4 is 9.64 Å². The van der Waals surface area contributed by atoms with Crippen molar-refractivity contribution in [3.63, 3.8) is 0 Å². The topological polar surface area (TPSA) is 45.6 Å². The molecule has 0 spiro atoms. The molecule has 0 amide bonds. The summed E-state index contributed by atoms with van der Waals surface area (Å²) >= 11 is 0. The summed E-state index contributed by atoms with van der Waals surface area (Å²) in [6.07, 6.45) is 3.83. The molecule has 0 radical (unpaired) electrons. The molecule has 0 bridgehead atoms. The molecule has 1 fully saturated rings. The second-order valence-electron chi connectivity index (χ2n) is 4.17. The van der Waals surface area contributed by atoms with Crippen molar-refractivity contribution in [1.29, 1.82) is 0 Å². The van der Waals surface area contributed by atoms with Gasteiger partial charge in [0, 0.05) is 37.6 Å². The number of rotatable bonds is 4. The molecule has 88 valence electrons. The molecule has 1 saturated heterocycles. The molecular formula is C12H18N2O2. The van der Waals surface area contributed by atoms with Crippen molar-refractivity contribution < 1.29 is 9.84 Å². The largest absolute Gasteiger partial charge is 0.481 e. The smallest absolute Gasteiger partial charge is 0.214 e. The lowest BCUT2D eigenvalue weighted by atomic mass is 10.1. The van der Waals surface area contributed by atoms with E-state index in [1.54, 1.807) is 13.3 Å². The van der Waals surface area contributed by atoms with Crippen molar-refractivity contribution in [2.45, 2.75) is 12.8 Å². The monoisotopic (exact) mass is 222 g/mol. The highest BCUT2D eigenvalue weighted by Gasteiger charge is 2.22. The van der Waals surface area contributed by atoms with Crippen LogP contribution in [0.15, 0.2) is 18.3 Å². The minimum Gasteiger partial charge on any atom is -0.481 e. The SMILES string of the molecule is COc1cc(N2CCC(CCO)C2)ccn1. The van der Waals surface area contributed by atoms with Gasteiger partial charge in [0.2, 0.25) is 5.88 Å². The second-order valence-corrected chi connectivity index (χ2v) is 4.17. The highest BCUT2D eigenvalue weighted by atomic mass is 16.5. The van der Waals surface area contributed by atoms with E-state index in [4.69, 9.17) is 9.84 Å². The zero-order chi connectivity index (χ0) is 11.4. The van der Waals surface area contributed by atoms with Crippen LogP contribution in [-0.2, 0) is 0 Å². The van der Waals surface area contributed by atoms with Gasteiger partial charge >= 0.3 is 0 Å². The van der Waals surface area contributed by atoms with E-state index in [9.17, 15) is 0 Å². The quantitative estimate of drug-likeness (QED) is 0.834. The van der Waals surface area contributed by atoms with Crippen molar-refractivity contribution in [3.8, 4) is 5.88 Å². The van der Waals surface area contributed by atoms with Gasteiger partial charge in [-0.2, -0.15) is 0 Å². The van der Waals surface area contributed by atoms with Crippen LogP contribution in [-0.4, -0.2) is 36.9 Å². The molecule has 0 aromatic carbocycles. The minimum atomic E-state index is 0.290. The van der Waals surface area contributed by atoms with Gasteiger partial charge in [0.1, 0.15) is 0 Å². The summed E-state index contributed by atoms with van der Waals surface area (Å²) in [6, 6.07) is 3.96. The van der Waals surface area contributed by atoms with Gasteiger partial charge in [0.05, 0.1) is 7.11 Å². The Morgan fingerprint density at radius 3 is 3.25 bits per heavy atom. The molecule has 1 aromatic heterocycles. The van der Waals surface area contributed by atoms with E-state index >= 15 is 0 Å². The maximum atomic E-state index is 8.92. The first kappa shape index (κ1) is 11.2. The number of hydrogen-bond donors (Lipinski definition) is 1. The molecule has 4 heteroatoms. The van der Waals surface area contributed by atoms with Crippen molar-refractivity contribution in [2.24, 2.45) is 5.92 Å². The van der Waals surface area contributed by atoms with Crippen LogP contribution >= 0.6 is 0 Å². The zero-order valence-corrected chi connectivity index (χ0v) is 9.59. The van der Waals surface area contributed by atoms with E-state index in [0.29, 0.717) is 11.8 Å². The Labute approximate surface area is 95.9 Å². The molecule has 1 atom stereocenters. The zero-order valence-electron chi connectivity index (χ0n) is 9.59. The summed E-state index contributed by atoms with van der Waals surface area (Å²) in [4.78, 5) is 6.42. The molecule has 4 nitrogen and oxygen atoms in total. The van der Waals surface area contributed by atoms with E-state index < -0.39 is 0 Å². The van der Waals surface area contributed by atoms with Crippen LogP contribution in [0, 0.1) is 5.92 Å². The van der Waals surface area contributed by atoms with Crippen LogP contribution in [0.3, 0.4) is 0 Å². The minimum absolute atomic E-state index is 0.290. The summed E-state index contributed by atoms with van der Waals surface area (Å²) in [5.41, 5.74) is 1.16. The van der Waals surface area contributed by atoms with Crippen molar-refractivity contribution in [3.05, 3.63) is 18.3 Å². The van der Waals surface area contributed by atoms with Crippen molar-refractivity contribution >= 4 is 5.69 Å². The third kappa shape index (κ3) is 2.44. The third-order valence-corrected chi connectivity index (χ3v) is 3.12. The lowest BCUT2D eigenvalue weighted by Gasteiger charge is -2.18. The number of pyridine rings is 1. The van der Waals surface area contributed by atoms with Crippen LogP contribution in [0.5, 0.6) is 5.88 Å². The predicted octanol–water partition coefficient (Wildman–Crippen LogP) is 1.30. The maximum absolute atomic E-state index is 8.92. The molecule has 1 aromatic rings. The van der Waals surface area contributed by atoms with E-state index in [2.05, 4.69) is 9.88 Å². The van der Waals surface area contributed by atoms with Crippen molar-refractivity contribution in [2.75, 3.05) is 31.7 Å². The van der Waals surface area contributed by atoms with Gasteiger partial charge in [0.25, 0.3) is 0 Å². The normalized spacial score (nSPS) is 20.1. The number of anilines is 1. The molecule has 16 heavy (non-hydrogen) atoms. The average molecular weight is 222 g/mol. The molecular weight excluding hydrogens is 204 g/mol. The first-order valence-corrected chi connectivity index (χ1v) is 5.69. The van der Waals surface area contributed by atoms with Crippen LogP contribution in [0.25, 0.3) is 0 Å². The molecule has 2 heterocycles. The summed E-state index contributed by atoms with van der Waals surface area (Å²) in [5, 5.41) is 8.92. The van der Waals surface area contributed by atoms with E-state index in [1.807, 2.05) is 12.1 Å².